The van der Waals surface area contributed by atoms with E-state index in [1.165, 1.54) is 12.1 Å². The molecule has 0 spiro atoms. The number of nitrogens with two attached hydrogens (primary N) is 2. The molecular formula is C16H12F5N5O3S. The van der Waals surface area contributed by atoms with Crippen LogP contribution in [0.3, 0.4) is 0 Å². The lowest BCUT2D eigenvalue weighted by Crippen LogP contribution is -2.09. The first-order chi connectivity index (χ1) is 13.8. The van der Waals surface area contributed by atoms with E-state index in [0.29, 0.717) is 0 Å². The van der Waals surface area contributed by atoms with Crippen LogP contribution in [0.4, 0.5) is 33.7 Å². The van der Waals surface area contributed by atoms with E-state index < -0.39 is 62.2 Å². The van der Waals surface area contributed by atoms with Crippen molar-refractivity contribution in [3.8, 4) is 11.3 Å². The van der Waals surface area contributed by atoms with Crippen molar-refractivity contribution in [1.82, 2.24) is 15.2 Å². The van der Waals surface area contributed by atoms with Gasteiger partial charge >= 0.3 is 0 Å². The first-order valence-electron chi connectivity index (χ1n) is 7.66. The summed E-state index contributed by atoms with van der Waals surface area (Å²) in [7, 11) is -4.02. The lowest BCUT2D eigenvalue weighted by molar-refractivity contribution is 0.381. The Morgan fingerprint density at radius 1 is 0.833 bits per heavy atom. The van der Waals surface area contributed by atoms with Crippen LogP contribution in [0, 0.1) is 36.0 Å². The predicted molar refractivity (Wildman–Crippen MR) is 94.9 cm³/mol. The van der Waals surface area contributed by atoms with E-state index in [1.807, 2.05) is 6.92 Å². The molecule has 1 aromatic heterocycles. The van der Waals surface area contributed by atoms with E-state index in [4.69, 9.17) is 16.0 Å². The molecule has 0 aliphatic heterocycles. The van der Waals surface area contributed by atoms with Gasteiger partial charge in [0, 0.05) is 0 Å². The molecule has 14 heteroatoms. The highest BCUT2D eigenvalue weighted by Crippen LogP contribution is 2.32. The molecule has 3 aromatic rings. The average Bonchev–Trinajstić information content (AvgIpc) is 2.67. The van der Waals surface area contributed by atoms with Gasteiger partial charge in [0.2, 0.25) is 11.8 Å². The number of benzene rings is 2. The fourth-order valence-corrected chi connectivity index (χ4v) is 2.53. The van der Waals surface area contributed by atoms with E-state index in [1.54, 1.807) is 12.1 Å². The van der Waals surface area contributed by atoms with Crippen molar-refractivity contribution in [2.75, 3.05) is 11.5 Å². The number of hydrogen-bond donors (Lipinski definition) is 3. The maximum atomic E-state index is 13.5. The van der Waals surface area contributed by atoms with Gasteiger partial charge in [-0.2, -0.15) is 13.4 Å². The third kappa shape index (κ3) is 4.77. The van der Waals surface area contributed by atoms with Crippen LogP contribution in [0.2, 0.25) is 0 Å². The smallest absolute Gasteiger partial charge is 0.294 e. The van der Waals surface area contributed by atoms with Crippen molar-refractivity contribution in [3.63, 3.8) is 0 Å². The molecular weight excluding hydrogens is 437 g/mol. The van der Waals surface area contributed by atoms with Crippen molar-refractivity contribution in [1.29, 1.82) is 0 Å². The monoisotopic (exact) mass is 449 g/mol. The number of aromatic nitrogens is 3. The third-order valence-electron chi connectivity index (χ3n) is 3.50. The number of halogens is 5. The molecule has 0 radical (unpaired) electrons. The van der Waals surface area contributed by atoms with Gasteiger partial charge in [-0.1, -0.05) is 17.7 Å². The minimum atomic E-state index is -4.02. The van der Waals surface area contributed by atoms with Crippen molar-refractivity contribution in [3.05, 3.63) is 58.9 Å². The van der Waals surface area contributed by atoms with Crippen molar-refractivity contribution < 1.29 is 34.9 Å². The first kappa shape index (κ1) is 22.9. The number of anilines is 2. The second-order valence-corrected chi connectivity index (χ2v) is 7.06. The van der Waals surface area contributed by atoms with Gasteiger partial charge in [0.25, 0.3) is 10.1 Å². The Balaban J connectivity index is 0.000000248. The molecule has 8 nitrogen and oxygen atoms in total. The summed E-state index contributed by atoms with van der Waals surface area (Å²) in [5.74, 6) is -11.7. The van der Waals surface area contributed by atoms with Crippen LogP contribution in [0.5, 0.6) is 0 Å². The van der Waals surface area contributed by atoms with Crippen molar-refractivity contribution in [2.45, 2.75) is 11.8 Å². The normalized spacial score (nSPS) is 11.0. The van der Waals surface area contributed by atoms with Crippen LogP contribution in [-0.4, -0.2) is 28.2 Å². The zero-order valence-corrected chi connectivity index (χ0v) is 15.7. The summed E-state index contributed by atoms with van der Waals surface area (Å²) in [6.45, 7) is 1.84. The lowest BCUT2D eigenvalue weighted by atomic mass is 10.1. The minimum Gasteiger partial charge on any atom is -0.382 e. The van der Waals surface area contributed by atoms with Gasteiger partial charge in [0.15, 0.2) is 29.1 Å². The highest BCUT2D eigenvalue weighted by atomic mass is 32.2. The third-order valence-corrected chi connectivity index (χ3v) is 4.36. The summed E-state index contributed by atoms with van der Waals surface area (Å²) in [4.78, 5) is 3.26. The Hall–Kier alpha value is -3.39. The summed E-state index contributed by atoms with van der Waals surface area (Å²) in [6.07, 6.45) is 0. The van der Waals surface area contributed by atoms with Crippen molar-refractivity contribution in [2.24, 2.45) is 0 Å². The zero-order valence-electron chi connectivity index (χ0n) is 14.9. The molecule has 30 heavy (non-hydrogen) atoms. The molecule has 0 unspecified atom stereocenters. The molecule has 2 aromatic carbocycles. The van der Waals surface area contributed by atoms with Gasteiger partial charge in [0.05, 0.1) is 10.5 Å². The van der Waals surface area contributed by atoms with Crippen LogP contribution in [0.1, 0.15) is 5.56 Å². The average molecular weight is 449 g/mol. The number of rotatable bonds is 2. The Bertz CT molecular complexity index is 1180. The maximum Gasteiger partial charge on any atom is 0.294 e. The molecule has 5 N–H and O–H groups in total. The second kappa shape index (κ2) is 8.54. The number of hydrogen-bond acceptors (Lipinski definition) is 7. The fourth-order valence-electron chi connectivity index (χ4n) is 2.05. The van der Waals surface area contributed by atoms with Gasteiger partial charge in [-0.05, 0) is 19.1 Å². The number of nitrogens with zero attached hydrogens (tertiary/aromatic N) is 3. The van der Waals surface area contributed by atoms with Crippen LogP contribution in [0.15, 0.2) is 29.2 Å². The summed E-state index contributed by atoms with van der Waals surface area (Å²) in [6, 6.07) is 5.99. The maximum absolute atomic E-state index is 13.5. The van der Waals surface area contributed by atoms with Gasteiger partial charge in [-0.3, -0.25) is 4.55 Å². The fraction of sp³-hybridized carbons (Fsp3) is 0.0625. The molecule has 0 bridgehead atoms. The molecule has 3 rings (SSSR count). The molecule has 1 heterocycles. The SMILES string of the molecule is Cc1ccc(S(=O)(=O)O)cc1.Nc1nnc(-c2c(F)c(F)c(F)c(F)c2F)c(N)n1. The van der Waals surface area contributed by atoms with Crippen LogP contribution in [-0.2, 0) is 10.1 Å². The standard InChI is InChI=1S/C9H4F5N5.C7H8O3S/c10-2-1(3(11)5(13)6(14)4(2)12)7-8(15)17-9(16)19-18-7;1-6-2-4-7(5-3-6)11(8,9)10/h(H4,15,16,17,19);2-5H,1H3,(H,8,9,10). The summed E-state index contributed by atoms with van der Waals surface area (Å²) < 4.78 is 95.3. The summed E-state index contributed by atoms with van der Waals surface area (Å²) >= 11 is 0. The Morgan fingerprint density at radius 3 is 1.73 bits per heavy atom. The minimum absolute atomic E-state index is 0.0666. The quantitative estimate of drug-likeness (QED) is 0.234. The van der Waals surface area contributed by atoms with Crippen LogP contribution >= 0.6 is 0 Å². The molecule has 0 fully saturated rings. The Morgan fingerprint density at radius 2 is 1.30 bits per heavy atom. The van der Waals surface area contributed by atoms with Crippen LogP contribution in [0.25, 0.3) is 11.3 Å². The first-order valence-corrected chi connectivity index (χ1v) is 9.10. The molecule has 0 aliphatic carbocycles. The van der Waals surface area contributed by atoms with E-state index in [2.05, 4.69) is 15.2 Å². The predicted octanol–water partition coefficient (Wildman–Crippen LogP) is 2.64. The largest absolute Gasteiger partial charge is 0.382 e. The molecule has 0 amide bonds. The van der Waals surface area contributed by atoms with Gasteiger partial charge < -0.3 is 11.5 Å². The van der Waals surface area contributed by atoms with Gasteiger partial charge in [0.1, 0.15) is 5.69 Å². The highest BCUT2D eigenvalue weighted by molar-refractivity contribution is 7.85. The Kier molecular flexibility index (Phi) is 6.52. The van der Waals surface area contributed by atoms with E-state index in [9.17, 15) is 30.4 Å². The topological polar surface area (TPSA) is 145 Å². The molecule has 0 atom stereocenters. The number of aryl methyl sites for hydroxylation is 1. The molecule has 0 aliphatic rings. The second-order valence-electron chi connectivity index (χ2n) is 5.64. The molecule has 160 valence electrons. The highest BCUT2D eigenvalue weighted by Gasteiger charge is 2.29. The number of nitrogen functional groups attached to an aromatic ring is 2. The summed E-state index contributed by atoms with van der Waals surface area (Å²) in [5, 5.41) is 6.33. The van der Waals surface area contributed by atoms with E-state index in [0.717, 1.165) is 5.56 Å². The lowest BCUT2D eigenvalue weighted by Gasteiger charge is -2.08. The zero-order chi connectivity index (χ0) is 22.8. The van der Waals surface area contributed by atoms with E-state index in [-0.39, 0.29) is 4.90 Å². The molecule has 0 saturated carbocycles. The Labute approximate surface area is 166 Å². The van der Waals surface area contributed by atoms with Crippen molar-refractivity contribution >= 4 is 21.9 Å². The van der Waals surface area contributed by atoms with Crippen LogP contribution < -0.4 is 11.5 Å². The summed E-state index contributed by atoms with van der Waals surface area (Å²) in [5.41, 5.74) is 9.22. The molecule has 0 saturated heterocycles. The van der Waals surface area contributed by atoms with Gasteiger partial charge in [-0.25, -0.2) is 22.0 Å². The van der Waals surface area contributed by atoms with Gasteiger partial charge in [-0.15, -0.1) is 10.2 Å². The van der Waals surface area contributed by atoms with E-state index >= 15 is 0 Å².